The third-order valence-corrected chi connectivity index (χ3v) is 3.36. The van der Waals surface area contributed by atoms with Crippen LogP contribution < -0.4 is 5.32 Å². The fraction of sp³-hybridized carbons (Fsp3) is 0.267. The van der Waals surface area contributed by atoms with Crippen LogP contribution in [0.15, 0.2) is 36.8 Å². The molecule has 5 nitrogen and oxygen atoms in total. The van der Waals surface area contributed by atoms with E-state index in [0.717, 1.165) is 40.8 Å². The van der Waals surface area contributed by atoms with Gasteiger partial charge in [-0.2, -0.15) is 0 Å². The summed E-state index contributed by atoms with van der Waals surface area (Å²) in [4.78, 5) is 10.5. The monoisotopic (exact) mass is 270 g/mol. The normalized spacial score (nSPS) is 12.9. The number of nitrogens with zero attached hydrogens (tertiary/aromatic N) is 1. The molecule has 3 heterocycles. The molecule has 3 aromatic heterocycles. The maximum Gasteiger partial charge on any atom is 0.145 e. The molecule has 0 saturated heterocycles. The van der Waals surface area contributed by atoms with Crippen LogP contribution in [-0.2, 0) is 0 Å². The summed E-state index contributed by atoms with van der Waals surface area (Å²) in [5, 5.41) is 14.2. The van der Waals surface area contributed by atoms with Crippen LogP contribution in [0.5, 0.6) is 0 Å². The van der Waals surface area contributed by atoms with Crippen LogP contribution in [0.25, 0.3) is 22.2 Å². The molecule has 1 unspecified atom stereocenters. The van der Waals surface area contributed by atoms with Gasteiger partial charge in [0.05, 0.1) is 5.69 Å². The molecule has 0 aliphatic rings. The molecule has 0 aliphatic carbocycles. The second-order valence-electron chi connectivity index (χ2n) is 4.80. The Balaban J connectivity index is 1.92. The first-order chi connectivity index (χ1) is 9.79. The van der Waals surface area contributed by atoms with E-state index in [2.05, 4.69) is 27.2 Å². The van der Waals surface area contributed by atoms with E-state index in [1.54, 1.807) is 6.20 Å². The van der Waals surface area contributed by atoms with Gasteiger partial charge < -0.3 is 15.1 Å². The second-order valence-corrected chi connectivity index (χ2v) is 4.80. The van der Waals surface area contributed by atoms with Gasteiger partial charge in [-0.25, -0.2) is 4.98 Å². The van der Waals surface area contributed by atoms with Crippen molar-refractivity contribution in [2.24, 2.45) is 0 Å². The number of hydrogen-bond donors (Lipinski definition) is 4. The summed E-state index contributed by atoms with van der Waals surface area (Å²) in [5.74, 6) is 0. The summed E-state index contributed by atoms with van der Waals surface area (Å²) in [6.07, 6.45) is 5.90. The van der Waals surface area contributed by atoms with E-state index in [-0.39, 0.29) is 0 Å². The fourth-order valence-corrected chi connectivity index (χ4v) is 2.33. The Labute approximate surface area is 117 Å². The molecule has 4 N–H and O–H groups in total. The van der Waals surface area contributed by atoms with Crippen LogP contribution >= 0.6 is 0 Å². The predicted molar refractivity (Wildman–Crippen MR) is 79.1 cm³/mol. The Morgan fingerprint density at radius 1 is 1.35 bits per heavy atom. The Hall–Kier alpha value is -2.11. The van der Waals surface area contributed by atoms with E-state index < -0.39 is 6.23 Å². The molecule has 0 amide bonds. The smallest absolute Gasteiger partial charge is 0.145 e. The molecular weight excluding hydrogens is 252 g/mol. The van der Waals surface area contributed by atoms with E-state index in [4.69, 9.17) is 0 Å². The Bertz CT molecular complexity index is 701. The maximum atomic E-state index is 10.0. The van der Waals surface area contributed by atoms with Crippen LogP contribution in [0.1, 0.15) is 25.3 Å². The molecule has 3 aromatic rings. The van der Waals surface area contributed by atoms with E-state index in [1.807, 2.05) is 30.6 Å². The van der Waals surface area contributed by atoms with Gasteiger partial charge in [-0.3, -0.25) is 5.32 Å². The van der Waals surface area contributed by atoms with Crippen LogP contribution in [0.4, 0.5) is 0 Å². The lowest BCUT2D eigenvalue weighted by Gasteiger charge is -2.09. The standard InChI is InChI=1S/C15H18N4O/c1-2-5-18-15(20)13-8-10(9-19-13)11-3-6-16-14-12(11)4-7-17-14/h3-4,6-9,15,18-20H,2,5H2,1H3,(H,16,17). The zero-order valence-corrected chi connectivity index (χ0v) is 11.4. The van der Waals surface area contributed by atoms with Crippen molar-refractivity contribution in [3.63, 3.8) is 0 Å². The highest BCUT2D eigenvalue weighted by molar-refractivity contribution is 5.92. The van der Waals surface area contributed by atoms with Gasteiger partial charge in [0.15, 0.2) is 0 Å². The largest absolute Gasteiger partial charge is 0.373 e. The molecule has 20 heavy (non-hydrogen) atoms. The quantitative estimate of drug-likeness (QED) is 0.538. The summed E-state index contributed by atoms with van der Waals surface area (Å²) in [6, 6.07) is 5.96. The molecule has 0 spiro atoms. The Morgan fingerprint density at radius 2 is 2.25 bits per heavy atom. The highest BCUT2D eigenvalue weighted by atomic mass is 16.3. The molecule has 0 saturated carbocycles. The molecule has 0 aromatic carbocycles. The maximum absolute atomic E-state index is 10.0. The first-order valence-corrected chi connectivity index (χ1v) is 6.82. The molecule has 0 fully saturated rings. The lowest BCUT2D eigenvalue weighted by molar-refractivity contribution is 0.135. The molecule has 0 radical (unpaired) electrons. The van der Waals surface area contributed by atoms with Gasteiger partial charge in [0.1, 0.15) is 11.9 Å². The number of aromatic nitrogens is 3. The van der Waals surface area contributed by atoms with Gasteiger partial charge in [0.2, 0.25) is 0 Å². The van der Waals surface area contributed by atoms with E-state index in [9.17, 15) is 5.11 Å². The fourth-order valence-electron chi connectivity index (χ4n) is 2.33. The van der Waals surface area contributed by atoms with Crippen molar-refractivity contribution in [3.05, 3.63) is 42.5 Å². The Kier molecular flexibility index (Phi) is 3.54. The van der Waals surface area contributed by atoms with Crippen molar-refractivity contribution >= 4 is 11.0 Å². The number of H-pyrrole nitrogens is 2. The van der Waals surface area contributed by atoms with Gasteiger partial charge in [0, 0.05) is 29.5 Å². The molecule has 104 valence electrons. The highest BCUT2D eigenvalue weighted by Gasteiger charge is 2.11. The summed E-state index contributed by atoms with van der Waals surface area (Å²) in [5.41, 5.74) is 3.79. The number of hydrogen-bond acceptors (Lipinski definition) is 3. The number of rotatable bonds is 5. The summed E-state index contributed by atoms with van der Waals surface area (Å²) in [7, 11) is 0. The van der Waals surface area contributed by atoms with Gasteiger partial charge in [-0.1, -0.05) is 6.92 Å². The van der Waals surface area contributed by atoms with Crippen LogP contribution in [0, 0.1) is 0 Å². The molecule has 1 atom stereocenters. The number of aliphatic hydroxyl groups is 1. The van der Waals surface area contributed by atoms with Crippen molar-refractivity contribution in [1.82, 2.24) is 20.3 Å². The molecule has 5 heteroatoms. The first-order valence-electron chi connectivity index (χ1n) is 6.82. The van der Waals surface area contributed by atoms with E-state index >= 15 is 0 Å². The zero-order valence-electron chi connectivity index (χ0n) is 11.4. The average Bonchev–Trinajstić information content (AvgIpc) is 3.12. The van der Waals surface area contributed by atoms with E-state index in [1.165, 1.54) is 0 Å². The van der Waals surface area contributed by atoms with Gasteiger partial charge in [-0.15, -0.1) is 0 Å². The number of aromatic amines is 2. The lowest BCUT2D eigenvalue weighted by atomic mass is 10.1. The lowest BCUT2D eigenvalue weighted by Crippen LogP contribution is -2.21. The molecule has 0 bridgehead atoms. The summed E-state index contributed by atoms with van der Waals surface area (Å²) >= 11 is 0. The van der Waals surface area contributed by atoms with Gasteiger partial charge in [-0.05, 0) is 36.7 Å². The molecule has 3 rings (SSSR count). The highest BCUT2D eigenvalue weighted by Crippen LogP contribution is 2.28. The Morgan fingerprint density at radius 3 is 3.10 bits per heavy atom. The van der Waals surface area contributed by atoms with E-state index in [0.29, 0.717) is 0 Å². The first kappa shape index (κ1) is 12.9. The summed E-state index contributed by atoms with van der Waals surface area (Å²) in [6.45, 7) is 2.85. The molecule has 0 aliphatic heterocycles. The predicted octanol–water partition coefficient (Wildman–Crippen LogP) is 2.55. The van der Waals surface area contributed by atoms with Gasteiger partial charge >= 0.3 is 0 Å². The SMILES string of the molecule is CCCNC(O)c1cc(-c2ccnc3[nH]ccc23)c[nH]1. The third-order valence-electron chi connectivity index (χ3n) is 3.36. The van der Waals surface area contributed by atoms with Crippen LogP contribution in [0.3, 0.4) is 0 Å². The third kappa shape index (κ3) is 2.33. The van der Waals surface area contributed by atoms with Crippen LogP contribution in [-0.4, -0.2) is 26.6 Å². The zero-order chi connectivity index (χ0) is 13.9. The van der Waals surface area contributed by atoms with Crippen molar-refractivity contribution in [3.8, 4) is 11.1 Å². The minimum Gasteiger partial charge on any atom is -0.373 e. The second kappa shape index (κ2) is 5.48. The van der Waals surface area contributed by atoms with Gasteiger partial charge in [0.25, 0.3) is 0 Å². The molecular formula is C15H18N4O. The number of fused-ring (bicyclic) bond motifs is 1. The van der Waals surface area contributed by atoms with Crippen molar-refractivity contribution in [2.45, 2.75) is 19.6 Å². The average molecular weight is 270 g/mol. The van der Waals surface area contributed by atoms with Crippen molar-refractivity contribution in [1.29, 1.82) is 0 Å². The number of nitrogens with one attached hydrogen (secondary N) is 3. The van der Waals surface area contributed by atoms with Crippen molar-refractivity contribution < 1.29 is 5.11 Å². The minimum atomic E-state index is -0.660. The number of pyridine rings is 1. The summed E-state index contributed by atoms with van der Waals surface area (Å²) < 4.78 is 0. The minimum absolute atomic E-state index is 0.660. The van der Waals surface area contributed by atoms with Crippen LogP contribution in [0.2, 0.25) is 0 Å². The topological polar surface area (TPSA) is 76.7 Å². The van der Waals surface area contributed by atoms with Crippen molar-refractivity contribution in [2.75, 3.05) is 6.54 Å². The number of aliphatic hydroxyl groups excluding tert-OH is 1.